The van der Waals surface area contributed by atoms with Crippen LogP contribution in [0.4, 0.5) is 0 Å². The highest BCUT2D eigenvalue weighted by Gasteiger charge is 2.20. The van der Waals surface area contributed by atoms with Gasteiger partial charge in [-0.1, -0.05) is 18.2 Å². The number of carbonyl (C=O) groups excluding carboxylic acids is 2. The summed E-state index contributed by atoms with van der Waals surface area (Å²) in [4.78, 5) is 24.6. The minimum absolute atomic E-state index is 0.261. The number of carbonyl (C=O) groups is 2. The van der Waals surface area contributed by atoms with Gasteiger partial charge in [-0.3, -0.25) is 4.79 Å². The van der Waals surface area contributed by atoms with Gasteiger partial charge in [-0.05, 0) is 36.6 Å². The van der Waals surface area contributed by atoms with Crippen LogP contribution in [0.1, 0.15) is 22.4 Å². The average molecular weight is 329 g/mol. The summed E-state index contributed by atoms with van der Waals surface area (Å²) in [6.45, 7) is 1.80. The van der Waals surface area contributed by atoms with Crippen LogP contribution in [0.15, 0.2) is 53.1 Å². The Labute approximate surface area is 136 Å². The molecule has 0 aliphatic heterocycles. The molecule has 1 atom stereocenters. The number of hydrogen-bond donors (Lipinski definition) is 1. The highest BCUT2D eigenvalue weighted by atomic mass is 32.1. The lowest BCUT2D eigenvalue weighted by atomic mass is 10.2. The number of ether oxygens (including phenoxy) is 1. The van der Waals surface area contributed by atoms with Crippen molar-refractivity contribution in [1.82, 2.24) is 5.32 Å². The smallest absolute Gasteiger partial charge is 0.349 e. The SMILES string of the molecule is C[C@@H](OC(=O)c1cc2ccccc2s1)C(=O)NCc1ccco1. The van der Waals surface area contributed by atoms with Gasteiger partial charge in [-0.2, -0.15) is 0 Å². The molecule has 0 aliphatic carbocycles. The summed E-state index contributed by atoms with van der Waals surface area (Å²) in [7, 11) is 0. The van der Waals surface area contributed by atoms with Crippen molar-refractivity contribution in [2.24, 2.45) is 0 Å². The first-order valence-electron chi connectivity index (χ1n) is 7.13. The summed E-state index contributed by atoms with van der Waals surface area (Å²) < 4.78 is 11.4. The highest BCUT2D eigenvalue weighted by molar-refractivity contribution is 7.20. The van der Waals surface area contributed by atoms with Gasteiger partial charge < -0.3 is 14.5 Å². The molecule has 118 valence electrons. The Morgan fingerprint density at radius 3 is 2.83 bits per heavy atom. The van der Waals surface area contributed by atoms with Gasteiger partial charge in [-0.15, -0.1) is 11.3 Å². The van der Waals surface area contributed by atoms with Crippen molar-refractivity contribution in [3.05, 3.63) is 59.4 Å². The van der Waals surface area contributed by atoms with Crippen LogP contribution in [0.25, 0.3) is 10.1 Å². The van der Waals surface area contributed by atoms with Crippen LogP contribution in [-0.2, 0) is 16.1 Å². The lowest BCUT2D eigenvalue weighted by Gasteiger charge is -2.12. The van der Waals surface area contributed by atoms with Gasteiger partial charge in [0, 0.05) is 4.70 Å². The average Bonchev–Trinajstić information content (AvgIpc) is 3.21. The van der Waals surface area contributed by atoms with Crippen LogP contribution in [0.2, 0.25) is 0 Å². The Hall–Kier alpha value is -2.60. The fraction of sp³-hybridized carbons (Fsp3) is 0.176. The highest BCUT2D eigenvalue weighted by Crippen LogP contribution is 2.26. The normalized spacial score (nSPS) is 12.0. The number of benzene rings is 1. The lowest BCUT2D eigenvalue weighted by Crippen LogP contribution is -2.35. The first kappa shape index (κ1) is 15.3. The van der Waals surface area contributed by atoms with E-state index in [0.29, 0.717) is 10.6 Å². The zero-order valence-electron chi connectivity index (χ0n) is 12.4. The minimum Gasteiger partial charge on any atom is -0.467 e. The molecule has 0 bridgehead atoms. The molecular weight excluding hydrogens is 314 g/mol. The molecule has 3 aromatic rings. The van der Waals surface area contributed by atoms with Gasteiger partial charge in [0.05, 0.1) is 12.8 Å². The van der Waals surface area contributed by atoms with Crippen molar-refractivity contribution in [1.29, 1.82) is 0 Å². The first-order chi connectivity index (χ1) is 11.1. The van der Waals surface area contributed by atoms with Crippen LogP contribution in [-0.4, -0.2) is 18.0 Å². The van der Waals surface area contributed by atoms with Gasteiger partial charge >= 0.3 is 5.97 Å². The molecule has 0 aliphatic rings. The largest absolute Gasteiger partial charge is 0.467 e. The Bertz CT molecular complexity index is 789. The van der Waals surface area contributed by atoms with Crippen LogP contribution in [0, 0.1) is 0 Å². The second kappa shape index (κ2) is 6.66. The third kappa shape index (κ3) is 3.60. The van der Waals surface area contributed by atoms with E-state index in [0.717, 1.165) is 10.1 Å². The molecule has 0 radical (unpaired) electrons. The van der Waals surface area contributed by atoms with E-state index >= 15 is 0 Å². The summed E-state index contributed by atoms with van der Waals surface area (Å²) in [6, 6.07) is 13.0. The molecule has 2 heterocycles. The van der Waals surface area contributed by atoms with Crippen LogP contribution in [0.5, 0.6) is 0 Å². The molecule has 0 unspecified atom stereocenters. The van der Waals surface area contributed by atoms with Gasteiger partial charge in [0.2, 0.25) is 0 Å². The molecular formula is C17H15NO4S. The zero-order valence-corrected chi connectivity index (χ0v) is 13.3. The topological polar surface area (TPSA) is 68.5 Å². The van der Waals surface area contributed by atoms with E-state index in [1.165, 1.54) is 17.6 Å². The molecule has 23 heavy (non-hydrogen) atoms. The van der Waals surface area contributed by atoms with Crippen molar-refractivity contribution in [2.45, 2.75) is 19.6 Å². The maximum atomic E-state index is 12.2. The zero-order chi connectivity index (χ0) is 16.2. The van der Waals surface area contributed by atoms with Crippen molar-refractivity contribution in [3.8, 4) is 0 Å². The number of nitrogens with one attached hydrogen (secondary N) is 1. The number of hydrogen-bond acceptors (Lipinski definition) is 5. The molecule has 1 aromatic carbocycles. The predicted octanol–water partition coefficient (Wildman–Crippen LogP) is 3.36. The van der Waals surface area contributed by atoms with Crippen molar-refractivity contribution in [3.63, 3.8) is 0 Å². The number of thiophene rings is 1. The summed E-state index contributed by atoms with van der Waals surface area (Å²) in [5.74, 6) is -0.218. The molecule has 5 nitrogen and oxygen atoms in total. The summed E-state index contributed by atoms with van der Waals surface area (Å²) >= 11 is 1.35. The standard InChI is InChI=1S/C17H15NO4S/c1-11(16(19)18-10-13-6-4-8-21-13)22-17(20)15-9-12-5-2-3-7-14(12)23-15/h2-9,11H,10H2,1H3,(H,18,19)/t11-/m1/s1. The number of furan rings is 1. The number of fused-ring (bicyclic) bond motifs is 1. The Morgan fingerprint density at radius 1 is 1.26 bits per heavy atom. The van der Waals surface area contributed by atoms with Gasteiger partial charge in [0.1, 0.15) is 10.6 Å². The molecule has 2 aromatic heterocycles. The van der Waals surface area contributed by atoms with E-state index in [1.807, 2.05) is 24.3 Å². The molecule has 0 saturated heterocycles. The minimum atomic E-state index is -0.873. The number of rotatable bonds is 5. The third-order valence-electron chi connectivity index (χ3n) is 3.30. The molecule has 1 N–H and O–H groups in total. The van der Waals surface area contributed by atoms with Gasteiger partial charge in [0.25, 0.3) is 5.91 Å². The van der Waals surface area contributed by atoms with Gasteiger partial charge in [0.15, 0.2) is 6.10 Å². The molecule has 3 rings (SSSR count). The van der Waals surface area contributed by atoms with Gasteiger partial charge in [-0.25, -0.2) is 4.79 Å². The van der Waals surface area contributed by atoms with Crippen LogP contribution in [0.3, 0.4) is 0 Å². The second-order valence-electron chi connectivity index (χ2n) is 4.99. The summed E-state index contributed by atoms with van der Waals surface area (Å²) in [5, 5.41) is 3.65. The second-order valence-corrected chi connectivity index (χ2v) is 6.08. The van der Waals surface area contributed by atoms with Crippen molar-refractivity contribution >= 4 is 33.3 Å². The number of amides is 1. The third-order valence-corrected chi connectivity index (χ3v) is 4.39. The van der Waals surface area contributed by atoms with E-state index in [4.69, 9.17) is 9.15 Å². The molecule has 6 heteroatoms. The van der Waals surface area contributed by atoms with Crippen LogP contribution >= 0.6 is 11.3 Å². The maximum absolute atomic E-state index is 12.2. The molecule has 0 fully saturated rings. The Balaban J connectivity index is 1.58. The molecule has 0 saturated carbocycles. The monoisotopic (exact) mass is 329 g/mol. The van der Waals surface area contributed by atoms with E-state index < -0.39 is 12.1 Å². The van der Waals surface area contributed by atoms with Crippen LogP contribution < -0.4 is 5.32 Å². The molecule has 1 amide bonds. The van der Waals surface area contributed by atoms with Crippen molar-refractivity contribution in [2.75, 3.05) is 0 Å². The maximum Gasteiger partial charge on any atom is 0.349 e. The first-order valence-corrected chi connectivity index (χ1v) is 7.95. The summed E-state index contributed by atoms with van der Waals surface area (Å²) in [5.41, 5.74) is 0. The van der Waals surface area contributed by atoms with E-state index in [2.05, 4.69) is 5.32 Å². The van der Waals surface area contributed by atoms with E-state index in [1.54, 1.807) is 25.1 Å². The van der Waals surface area contributed by atoms with Crippen molar-refractivity contribution < 1.29 is 18.7 Å². The van der Waals surface area contributed by atoms with E-state index in [9.17, 15) is 9.59 Å². The number of esters is 1. The Kier molecular flexibility index (Phi) is 4.43. The quantitative estimate of drug-likeness (QED) is 0.729. The van der Waals surface area contributed by atoms with E-state index in [-0.39, 0.29) is 12.5 Å². The fourth-order valence-corrected chi connectivity index (χ4v) is 3.03. The Morgan fingerprint density at radius 2 is 2.09 bits per heavy atom. The summed E-state index contributed by atoms with van der Waals surface area (Å²) in [6.07, 6.45) is 0.662. The predicted molar refractivity (Wildman–Crippen MR) is 87.3 cm³/mol. The fourth-order valence-electron chi connectivity index (χ4n) is 2.09. The molecule has 0 spiro atoms. The lowest BCUT2D eigenvalue weighted by molar-refractivity contribution is -0.129.